The molecule has 2 aromatic rings. The minimum atomic E-state index is -0.124. The quantitative estimate of drug-likeness (QED) is 0.795. The molecule has 0 aliphatic rings. The van der Waals surface area contributed by atoms with Gasteiger partial charge in [-0.05, 0) is 22.6 Å². The smallest absolute Gasteiger partial charge is 0.264 e. The van der Waals surface area contributed by atoms with Crippen molar-refractivity contribution in [3.63, 3.8) is 0 Å². The Kier molecular flexibility index (Phi) is 3.35. The fourth-order valence-corrected chi connectivity index (χ4v) is 2.40. The zero-order valence-corrected chi connectivity index (χ0v) is 12.7. The Morgan fingerprint density at radius 2 is 2.12 bits per heavy atom. The number of aromatic nitrogens is 3. The Balaban J connectivity index is 2.44. The van der Waals surface area contributed by atoms with Gasteiger partial charge in [-0.25, -0.2) is 9.97 Å². The second-order valence-corrected chi connectivity index (χ2v) is 6.72. The Hall–Kier alpha value is -0.760. The molecule has 0 amide bonds. The molecule has 0 atom stereocenters. The van der Waals surface area contributed by atoms with Crippen molar-refractivity contribution in [3.8, 4) is 11.5 Å². The summed E-state index contributed by atoms with van der Waals surface area (Å²) in [6.45, 7) is 6.33. The van der Waals surface area contributed by atoms with E-state index in [1.807, 2.05) is 28.0 Å². The summed E-state index contributed by atoms with van der Waals surface area (Å²) < 4.78 is 0.581. The Morgan fingerprint density at radius 1 is 1.41 bits per heavy atom. The molecule has 2 rings (SSSR count). The minimum absolute atomic E-state index is 0.0203. The summed E-state index contributed by atoms with van der Waals surface area (Å²) in [4.78, 5) is 22.9. The van der Waals surface area contributed by atoms with Crippen molar-refractivity contribution >= 4 is 33.9 Å². The van der Waals surface area contributed by atoms with Crippen LogP contribution in [0.2, 0.25) is 0 Å². The zero-order valence-electron chi connectivity index (χ0n) is 9.74. The molecule has 0 fully saturated rings. The lowest BCUT2D eigenvalue weighted by atomic mass is 9.98. The van der Waals surface area contributed by atoms with Gasteiger partial charge in [0.2, 0.25) is 0 Å². The zero-order chi connectivity index (χ0) is 12.6. The number of halogens is 1. The lowest BCUT2D eigenvalue weighted by molar-refractivity contribution is 0.586. The fourth-order valence-electron chi connectivity index (χ4n) is 1.24. The van der Waals surface area contributed by atoms with Crippen LogP contribution in [0.3, 0.4) is 0 Å². The number of aromatic amines is 1. The Bertz CT molecular complexity index is 597. The molecule has 0 radical (unpaired) electrons. The highest BCUT2D eigenvalue weighted by Gasteiger charge is 2.19. The van der Waals surface area contributed by atoms with E-state index < -0.39 is 0 Å². The molecular formula is C11H12IN3OS. The van der Waals surface area contributed by atoms with Crippen LogP contribution in [0.4, 0.5) is 0 Å². The first-order chi connectivity index (χ1) is 7.88. The number of thiazole rings is 1. The number of rotatable bonds is 1. The molecule has 0 spiro atoms. The Labute approximate surface area is 117 Å². The maximum absolute atomic E-state index is 11.5. The molecule has 17 heavy (non-hydrogen) atoms. The lowest BCUT2D eigenvalue weighted by Gasteiger charge is -2.13. The molecule has 4 nitrogen and oxygen atoms in total. The van der Waals surface area contributed by atoms with Gasteiger partial charge >= 0.3 is 0 Å². The van der Waals surface area contributed by atoms with E-state index in [0.29, 0.717) is 9.39 Å². The molecule has 0 bridgehead atoms. The van der Waals surface area contributed by atoms with Gasteiger partial charge in [0.15, 0.2) is 5.82 Å². The van der Waals surface area contributed by atoms with Crippen molar-refractivity contribution < 1.29 is 0 Å². The van der Waals surface area contributed by atoms with Gasteiger partial charge in [0.05, 0.1) is 8.58 Å². The lowest BCUT2D eigenvalue weighted by Crippen LogP contribution is -2.12. The second kappa shape index (κ2) is 4.49. The van der Waals surface area contributed by atoms with E-state index in [-0.39, 0.29) is 11.0 Å². The average molecular weight is 361 g/mol. The van der Waals surface area contributed by atoms with E-state index in [4.69, 9.17) is 0 Å². The number of nitrogens with zero attached hydrogens (tertiary/aromatic N) is 2. The van der Waals surface area contributed by atoms with Crippen molar-refractivity contribution in [2.45, 2.75) is 26.2 Å². The summed E-state index contributed by atoms with van der Waals surface area (Å²) in [5.41, 5.74) is 0.626. The van der Waals surface area contributed by atoms with E-state index in [0.717, 1.165) is 10.7 Å². The first kappa shape index (κ1) is 12.7. The van der Waals surface area contributed by atoms with Crippen molar-refractivity contribution in [2.24, 2.45) is 0 Å². The van der Waals surface area contributed by atoms with Crippen LogP contribution < -0.4 is 5.56 Å². The van der Waals surface area contributed by atoms with E-state index in [2.05, 4.69) is 35.7 Å². The van der Waals surface area contributed by atoms with Gasteiger partial charge in [0.1, 0.15) is 5.69 Å². The van der Waals surface area contributed by atoms with Gasteiger partial charge in [0, 0.05) is 17.0 Å². The van der Waals surface area contributed by atoms with Crippen molar-refractivity contribution in [1.82, 2.24) is 15.0 Å². The van der Waals surface area contributed by atoms with Gasteiger partial charge in [-0.3, -0.25) is 4.79 Å². The van der Waals surface area contributed by atoms with E-state index in [9.17, 15) is 4.79 Å². The van der Waals surface area contributed by atoms with E-state index in [1.165, 1.54) is 0 Å². The van der Waals surface area contributed by atoms with Gasteiger partial charge < -0.3 is 4.98 Å². The van der Waals surface area contributed by atoms with Crippen LogP contribution in [0, 0.1) is 3.57 Å². The third-order valence-electron chi connectivity index (χ3n) is 2.14. The molecule has 0 aliphatic carbocycles. The predicted molar refractivity (Wildman–Crippen MR) is 77.4 cm³/mol. The van der Waals surface area contributed by atoms with Crippen molar-refractivity contribution in [1.29, 1.82) is 0 Å². The summed E-state index contributed by atoms with van der Waals surface area (Å²) in [6, 6.07) is 0. The third kappa shape index (κ3) is 2.74. The highest BCUT2D eigenvalue weighted by Crippen LogP contribution is 2.28. The van der Waals surface area contributed by atoms with Crippen LogP contribution in [0.1, 0.15) is 25.8 Å². The summed E-state index contributed by atoms with van der Waals surface area (Å²) in [5, 5.41) is 2.96. The first-order valence-corrected chi connectivity index (χ1v) is 7.05. The number of nitrogens with one attached hydrogen (secondary N) is 1. The summed E-state index contributed by atoms with van der Waals surface area (Å²) in [6.07, 6.45) is 1.56. The minimum Gasteiger partial charge on any atom is -0.304 e. The van der Waals surface area contributed by atoms with Crippen LogP contribution in [0.25, 0.3) is 11.5 Å². The summed E-state index contributed by atoms with van der Waals surface area (Å²) in [5.74, 6) is 0.530. The molecule has 0 aliphatic heterocycles. The molecule has 1 N–H and O–H groups in total. The molecule has 0 saturated heterocycles. The monoisotopic (exact) mass is 361 g/mol. The summed E-state index contributed by atoms with van der Waals surface area (Å²) >= 11 is 3.54. The maximum atomic E-state index is 11.5. The van der Waals surface area contributed by atoms with Crippen LogP contribution in [0.15, 0.2) is 16.4 Å². The maximum Gasteiger partial charge on any atom is 0.264 e. The van der Waals surface area contributed by atoms with Crippen LogP contribution in [0.5, 0.6) is 0 Å². The second-order valence-electron chi connectivity index (χ2n) is 4.70. The molecule has 0 saturated carbocycles. The highest BCUT2D eigenvalue weighted by atomic mass is 127. The van der Waals surface area contributed by atoms with E-state index in [1.54, 1.807) is 17.5 Å². The topological polar surface area (TPSA) is 58.6 Å². The standard InChI is InChI=1S/C11H12IN3OS/c1-11(2,3)10-14-7(5-17-10)8-13-4-6(12)9(16)15-8/h4-5H,1-3H3,(H,13,15,16). The van der Waals surface area contributed by atoms with Crippen LogP contribution >= 0.6 is 33.9 Å². The molecular weight excluding hydrogens is 349 g/mol. The number of hydrogen-bond acceptors (Lipinski definition) is 4. The fraction of sp³-hybridized carbons (Fsp3) is 0.364. The number of hydrogen-bond donors (Lipinski definition) is 1. The normalized spacial score (nSPS) is 11.8. The molecule has 6 heteroatoms. The van der Waals surface area contributed by atoms with Crippen LogP contribution in [-0.2, 0) is 5.41 Å². The van der Waals surface area contributed by atoms with Gasteiger partial charge in [0.25, 0.3) is 5.56 Å². The van der Waals surface area contributed by atoms with Crippen molar-refractivity contribution in [3.05, 3.63) is 30.5 Å². The third-order valence-corrected chi connectivity index (χ3v) is 4.18. The average Bonchev–Trinajstić information content (AvgIpc) is 2.70. The summed E-state index contributed by atoms with van der Waals surface area (Å²) in [7, 11) is 0. The van der Waals surface area contributed by atoms with Gasteiger partial charge in [-0.15, -0.1) is 11.3 Å². The predicted octanol–water partition coefficient (Wildman–Crippen LogP) is 2.80. The van der Waals surface area contributed by atoms with Crippen molar-refractivity contribution in [2.75, 3.05) is 0 Å². The molecule has 0 aromatic carbocycles. The Morgan fingerprint density at radius 3 is 2.65 bits per heavy atom. The van der Waals surface area contributed by atoms with Gasteiger partial charge in [-0.1, -0.05) is 20.8 Å². The molecule has 2 aromatic heterocycles. The molecule has 2 heterocycles. The van der Waals surface area contributed by atoms with E-state index >= 15 is 0 Å². The highest BCUT2D eigenvalue weighted by molar-refractivity contribution is 14.1. The molecule has 0 unspecified atom stereocenters. The SMILES string of the molecule is CC(C)(C)c1nc(-c2ncc(I)c(=O)[nH]2)cs1. The first-order valence-electron chi connectivity index (χ1n) is 5.09. The van der Waals surface area contributed by atoms with Crippen LogP contribution in [-0.4, -0.2) is 15.0 Å². The number of H-pyrrole nitrogens is 1. The largest absolute Gasteiger partial charge is 0.304 e. The van der Waals surface area contributed by atoms with Gasteiger partial charge in [-0.2, -0.15) is 0 Å². The molecule has 90 valence electrons.